The number of alkyl halides is 2. The highest BCUT2D eigenvalue weighted by molar-refractivity contribution is 8.90. The van der Waals surface area contributed by atoms with Gasteiger partial charge in [-0.05, 0) is 20.3 Å². The van der Waals surface area contributed by atoms with Crippen molar-refractivity contribution in [2.45, 2.75) is 65.2 Å². The number of hydrogen-bond acceptors (Lipinski definition) is 4. The topological polar surface area (TPSA) is 37.4 Å². The van der Waals surface area contributed by atoms with Crippen LogP contribution < -0.4 is 0 Å². The van der Waals surface area contributed by atoms with Crippen LogP contribution in [0.25, 0.3) is 0 Å². The van der Waals surface area contributed by atoms with Gasteiger partial charge in [-0.25, -0.2) is 0 Å². The second-order valence-electron chi connectivity index (χ2n) is 5.09. The first kappa shape index (κ1) is 20.3. The monoisotopic (exact) mass is 347 g/mol. The quantitative estimate of drug-likeness (QED) is 0.561. The minimum Gasteiger partial charge on any atom is -0.276 e. The fourth-order valence-corrected chi connectivity index (χ4v) is 11.7. The van der Waals surface area contributed by atoms with Crippen LogP contribution in [0.4, 0.5) is 8.78 Å². The van der Waals surface area contributed by atoms with Crippen LogP contribution in [0.15, 0.2) is 0 Å². The van der Waals surface area contributed by atoms with E-state index in [1.807, 2.05) is 20.8 Å². The first-order valence-corrected chi connectivity index (χ1v) is 11.3. The molecular formula is C12H24F2NO2PS2. The van der Waals surface area contributed by atoms with Crippen molar-refractivity contribution in [3.8, 4) is 0 Å². The lowest BCUT2D eigenvalue weighted by Gasteiger charge is -2.35. The molecule has 0 saturated heterocycles. The van der Waals surface area contributed by atoms with Crippen LogP contribution in [0, 0.1) is 0 Å². The van der Waals surface area contributed by atoms with E-state index in [1.165, 1.54) is 0 Å². The van der Waals surface area contributed by atoms with Crippen LogP contribution in [0.2, 0.25) is 0 Å². The van der Waals surface area contributed by atoms with Gasteiger partial charge in [-0.2, -0.15) is 8.78 Å². The molecule has 0 bridgehead atoms. The lowest BCUT2D eigenvalue weighted by atomic mass is 10.3. The highest BCUT2D eigenvalue weighted by Crippen LogP contribution is 2.73. The maximum atomic E-state index is 13.4. The molecule has 1 atom stereocenters. The van der Waals surface area contributed by atoms with Crippen molar-refractivity contribution in [2.75, 3.05) is 5.75 Å². The highest BCUT2D eigenvalue weighted by Gasteiger charge is 2.46. The molecule has 0 fully saturated rings. The zero-order chi connectivity index (χ0) is 16.1. The molecular weight excluding hydrogens is 323 g/mol. The molecule has 0 radical (unpaired) electrons. The number of carbonyl (C=O) groups is 1. The van der Waals surface area contributed by atoms with Gasteiger partial charge in [-0.1, -0.05) is 43.5 Å². The van der Waals surface area contributed by atoms with Gasteiger partial charge in [0.05, 0.1) is 0 Å². The van der Waals surface area contributed by atoms with E-state index < -0.39 is 23.6 Å². The third kappa shape index (κ3) is 5.94. The van der Waals surface area contributed by atoms with Crippen molar-refractivity contribution in [1.82, 2.24) is 4.67 Å². The number of nitrogens with zero attached hydrogens (tertiary/aromatic N) is 1. The molecule has 1 amide bonds. The third-order valence-electron chi connectivity index (χ3n) is 2.14. The Labute approximate surface area is 128 Å². The summed E-state index contributed by atoms with van der Waals surface area (Å²) in [6, 6.07) is -0.533. The summed E-state index contributed by atoms with van der Waals surface area (Å²) in [6.45, 7) is 9.40. The Balaban J connectivity index is 5.55. The SMILES string of the molecule is CCCSP(=O)(SC(C)C)N(C(=O)C(C)(F)F)C(C)C. The molecule has 0 aromatic carbocycles. The van der Waals surface area contributed by atoms with E-state index in [-0.39, 0.29) is 5.25 Å². The van der Waals surface area contributed by atoms with Gasteiger partial charge < -0.3 is 0 Å². The predicted octanol–water partition coefficient (Wildman–Crippen LogP) is 5.27. The molecule has 0 aromatic heterocycles. The normalized spacial score (nSPS) is 15.5. The smallest absolute Gasteiger partial charge is 0.276 e. The van der Waals surface area contributed by atoms with E-state index in [0.717, 1.165) is 33.9 Å². The van der Waals surface area contributed by atoms with Crippen LogP contribution in [0.1, 0.15) is 48.0 Å². The molecule has 0 N–H and O–H groups in total. The van der Waals surface area contributed by atoms with E-state index in [2.05, 4.69) is 0 Å². The molecule has 0 saturated carbocycles. The van der Waals surface area contributed by atoms with Gasteiger partial charge >= 0.3 is 5.92 Å². The standard InChI is InChI=1S/C12H24F2NO2PS2/c1-7-8-19-18(17,20-10(4)5)15(9(2)3)11(16)12(6,13)14/h9-10H,7-8H2,1-6H3. The minimum atomic E-state index is -3.51. The van der Waals surface area contributed by atoms with Crippen molar-refractivity contribution >= 4 is 34.4 Å². The Hall–Kier alpha value is 0.260. The van der Waals surface area contributed by atoms with Crippen molar-refractivity contribution in [2.24, 2.45) is 0 Å². The van der Waals surface area contributed by atoms with Crippen LogP contribution in [-0.2, 0) is 9.36 Å². The zero-order valence-electron chi connectivity index (χ0n) is 12.9. The highest BCUT2D eigenvalue weighted by atomic mass is 33.1. The van der Waals surface area contributed by atoms with Crippen molar-refractivity contribution in [3.63, 3.8) is 0 Å². The average molecular weight is 347 g/mol. The minimum absolute atomic E-state index is 0.00952. The maximum Gasteiger partial charge on any atom is 0.322 e. The largest absolute Gasteiger partial charge is 0.322 e. The molecule has 3 nitrogen and oxygen atoms in total. The van der Waals surface area contributed by atoms with E-state index in [4.69, 9.17) is 0 Å². The van der Waals surface area contributed by atoms with Gasteiger partial charge in [0.1, 0.15) is 0 Å². The number of carbonyl (C=O) groups excluding carboxylic acids is 1. The molecule has 0 aliphatic rings. The molecule has 0 aromatic rings. The van der Waals surface area contributed by atoms with Crippen molar-refractivity contribution in [1.29, 1.82) is 0 Å². The molecule has 0 aliphatic heterocycles. The number of rotatable bonds is 8. The Bertz CT molecular complexity index is 373. The zero-order valence-corrected chi connectivity index (χ0v) is 15.4. The van der Waals surface area contributed by atoms with Crippen molar-refractivity contribution in [3.05, 3.63) is 0 Å². The second-order valence-corrected chi connectivity index (χ2v) is 13.3. The van der Waals surface area contributed by atoms with Crippen molar-refractivity contribution < 1.29 is 18.1 Å². The summed E-state index contributed by atoms with van der Waals surface area (Å²) in [5.41, 5.74) is -3.27. The second kappa shape index (κ2) is 8.04. The fourth-order valence-electron chi connectivity index (χ4n) is 1.45. The Morgan fingerprint density at radius 2 is 1.80 bits per heavy atom. The van der Waals surface area contributed by atoms with E-state index in [1.54, 1.807) is 13.8 Å². The lowest BCUT2D eigenvalue weighted by Crippen LogP contribution is -2.42. The van der Waals surface area contributed by atoms with Gasteiger partial charge in [0.25, 0.3) is 11.6 Å². The lowest BCUT2D eigenvalue weighted by molar-refractivity contribution is -0.150. The van der Waals surface area contributed by atoms with Gasteiger partial charge in [0, 0.05) is 24.0 Å². The molecule has 0 heterocycles. The number of halogens is 2. The predicted molar refractivity (Wildman–Crippen MR) is 85.7 cm³/mol. The summed E-state index contributed by atoms with van der Waals surface area (Å²) < 4.78 is 40.8. The van der Waals surface area contributed by atoms with E-state index in [0.29, 0.717) is 12.7 Å². The Morgan fingerprint density at radius 1 is 1.30 bits per heavy atom. The summed E-state index contributed by atoms with van der Waals surface area (Å²) in [7, 11) is 0. The number of hydrogen-bond donors (Lipinski definition) is 0. The number of amides is 1. The van der Waals surface area contributed by atoms with E-state index in [9.17, 15) is 18.1 Å². The molecule has 1 unspecified atom stereocenters. The Kier molecular flexibility index (Phi) is 8.15. The molecule has 0 spiro atoms. The molecule has 8 heteroatoms. The van der Waals surface area contributed by atoms with Gasteiger partial charge in [0.15, 0.2) is 0 Å². The van der Waals surface area contributed by atoms with Gasteiger partial charge in [-0.3, -0.25) is 14.0 Å². The molecule has 0 rings (SSSR count). The summed E-state index contributed by atoms with van der Waals surface area (Å²) in [4.78, 5) is 12.0. The maximum absolute atomic E-state index is 13.4. The van der Waals surface area contributed by atoms with Crippen LogP contribution >= 0.6 is 28.5 Å². The fraction of sp³-hybridized carbons (Fsp3) is 0.917. The Morgan fingerprint density at radius 3 is 2.10 bits per heavy atom. The van der Waals surface area contributed by atoms with Crippen LogP contribution in [0.5, 0.6) is 0 Å². The van der Waals surface area contributed by atoms with Gasteiger partial charge in [-0.15, -0.1) is 0 Å². The first-order valence-electron chi connectivity index (χ1n) is 6.60. The molecule has 20 heavy (non-hydrogen) atoms. The summed E-state index contributed by atoms with van der Waals surface area (Å²) in [5, 5.41) is -0.00952. The average Bonchev–Trinajstić information content (AvgIpc) is 2.23. The summed E-state index contributed by atoms with van der Waals surface area (Å²) in [6.07, 6.45) is 0.774. The van der Waals surface area contributed by atoms with Crippen LogP contribution in [-0.4, -0.2) is 33.5 Å². The van der Waals surface area contributed by atoms with Gasteiger partial charge in [0.2, 0.25) is 0 Å². The summed E-state index contributed by atoms with van der Waals surface area (Å²) >= 11 is 2.24. The first-order chi connectivity index (χ1) is 8.95. The third-order valence-corrected chi connectivity index (χ3v) is 11.3. The van der Waals surface area contributed by atoms with Crippen LogP contribution in [0.3, 0.4) is 0 Å². The van der Waals surface area contributed by atoms with E-state index >= 15 is 0 Å². The summed E-state index contributed by atoms with van der Waals surface area (Å²) in [5.74, 6) is -4.29. The molecule has 120 valence electrons. The molecule has 0 aliphatic carbocycles.